The van der Waals surface area contributed by atoms with Gasteiger partial charge in [-0.3, -0.25) is 4.79 Å². The summed E-state index contributed by atoms with van der Waals surface area (Å²) in [7, 11) is 0. The van der Waals surface area contributed by atoms with Gasteiger partial charge in [0.1, 0.15) is 0 Å². The van der Waals surface area contributed by atoms with Crippen LogP contribution >= 0.6 is 0 Å². The van der Waals surface area contributed by atoms with Crippen LogP contribution in [-0.4, -0.2) is 12.5 Å². The van der Waals surface area contributed by atoms with Crippen molar-refractivity contribution in [2.75, 3.05) is 6.54 Å². The average molecular weight is 209 g/mol. The van der Waals surface area contributed by atoms with Gasteiger partial charge in [0.2, 0.25) is 5.91 Å². The fraction of sp³-hybridized carbons (Fsp3) is 0.769. The quantitative estimate of drug-likeness (QED) is 0.696. The molecule has 1 N–H and O–H groups in total. The van der Waals surface area contributed by atoms with Crippen molar-refractivity contribution in [3.8, 4) is 0 Å². The molecule has 1 aliphatic heterocycles. The average Bonchev–Trinajstić information content (AvgIpc) is 2.21. The summed E-state index contributed by atoms with van der Waals surface area (Å²) < 4.78 is 0. The number of hydrogen-bond acceptors (Lipinski definition) is 1. The number of rotatable bonds is 2. The van der Waals surface area contributed by atoms with Crippen molar-refractivity contribution < 1.29 is 4.79 Å². The van der Waals surface area contributed by atoms with Crippen molar-refractivity contribution in [2.45, 2.75) is 34.1 Å². The van der Waals surface area contributed by atoms with Crippen molar-refractivity contribution in [1.82, 2.24) is 5.32 Å². The lowest BCUT2D eigenvalue weighted by atomic mass is 9.69. The summed E-state index contributed by atoms with van der Waals surface area (Å²) in [5.41, 5.74) is 0.0631. The first-order chi connectivity index (χ1) is 6.88. The molecule has 2 nitrogen and oxygen atoms in total. The zero-order chi connectivity index (χ0) is 11.6. The van der Waals surface area contributed by atoms with Crippen molar-refractivity contribution in [3.05, 3.63) is 12.7 Å². The van der Waals surface area contributed by atoms with Gasteiger partial charge in [-0.15, -0.1) is 6.58 Å². The summed E-state index contributed by atoms with van der Waals surface area (Å²) in [5, 5.41) is 3.02. The molecule has 86 valence electrons. The summed E-state index contributed by atoms with van der Waals surface area (Å²) in [6.45, 7) is 13.2. The molecule has 1 fully saturated rings. The largest absolute Gasteiger partial charge is 0.355 e. The highest BCUT2D eigenvalue weighted by Crippen LogP contribution is 2.40. The van der Waals surface area contributed by atoms with Gasteiger partial charge in [-0.1, -0.05) is 33.8 Å². The molecule has 0 radical (unpaired) electrons. The molecule has 0 spiro atoms. The van der Waals surface area contributed by atoms with E-state index in [1.54, 1.807) is 0 Å². The predicted molar refractivity (Wildman–Crippen MR) is 63.4 cm³/mol. The van der Waals surface area contributed by atoms with Gasteiger partial charge in [0.25, 0.3) is 0 Å². The van der Waals surface area contributed by atoms with Crippen molar-refractivity contribution in [1.29, 1.82) is 0 Å². The lowest BCUT2D eigenvalue weighted by Gasteiger charge is -2.34. The molecule has 0 bridgehead atoms. The van der Waals surface area contributed by atoms with Gasteiger partial charge < -0.3 is 5.32 Å². The molecule has 1 saturated heterocycles. The predicted octanol–water partition coefficient (Wildman–Crippen LogP) is 2.61. The molecule has 15 heavy (non-hydrogen) atoms. The van der Waals surface area contributed by atoms with E-state index in [0.29, 0.717) is 11.8 Å². The third kappa shape index (κ3) is 2.61. The summed E-state index contributed by atoms with van der Waals surface area (Å²) in [6, 6.07) is 0. The highest BCUT2D eigenvalue weighted by molar-refractivity contribution is 5.80. The Labute approximate surface area is 93.1 Å². The molecule has 0 aromatic rings. The van der Waals surface area contributed by atoms with Crippen LogP contribution < -0.4 is 5.32 Å². The summed E-state index contributed by atoms with van der Waals surface area (Å²) in [6.07, 6.45) is 3.00. The molecule has 0 aromatic carbocycles. The molecule has 0 aromatic heterocycles. The van der Waals surface area contributed by atoms with Crippen LogP contribution in [-0.2, 0) is 4.79 Å². The minimum atomic E-state index is 0.0631. The van der Waals surface area contributed by atoms with Crippen molar-refractivity contribution >= 4 is 5.91 Å². The molecular formula is C13H23NO. The van der Waals surface area contributed by atoms with E-state index in [1.807, 2.05) is 6.08 Å². The van der Waals surface area contributed by atoms with Crippen LogP contribution in [0.4, 0.5) is 0 Å². The van der Waals surface area contributed by atoms with Gasteiger partial charge in [-0.25, -0.2) is 0 Å². The summed E-state index contributed by atoms with van der Waals surface area (Å²) >= 11 is 0. The fourth-order valence-corrected chi connectivity index (χ4v) is 2.94. The van der Waals surface area contributed by atoms with Gasteiger partial charge in [-0.2, -0.15) is 0 Å². The number of amides is 1. The maximum Gasteiger partial charge on any atom is 0.223 e. The molecular weight excluding hydrogens is 186 g/mol. The number of nitrogens with one attached hydrogen (secondary N) is 1. The highest BCUT2D eigenvalue weighted by Gasteiger charge is 2.40. The Balaban J connectivity index is 2.94. The fourth-order valence-electron chi connectivity index (χ4n) is 2.94. The molecule has 1 heterocycles. The monoisotopic (exact) mass is 209 g/mol. The molecule has 1 rings (SSSR count). The number of carbonyl (C=O) groups excluding carboxylic acids is 1. The van der Waals surface area contributed by atoms with Crippen LogP contribution in [0.3, 0.4) is 0 Å². The zero-order valence-corrected chi connectivity index (χ0v) is 10.3. The van der Waals surface area contributed by atoms with E-state index in [0.717, 1.165) is 13.0 Å². The molecule has 1 amide bonds. The third-order valence-corrected chi connectivity index (χ3v) is 3.45. The molecule has 2 unspecified atom stereocenters. The van der Waals surface area contributed by atoms with E-state index in [2.05, 4.69) is 39.6 Å². The minimum Gasteiger partial charge on any atom is -0.355 e. The van der Waals surface area contributed by atoms with E-state index >= 15 is 0 Å². The summed E-state index contributed by atoms with van der Waals surface area (Å²) in [4.78, 5) is 12.0. The van der Waals surface area contributed by atoms with Gasteiger partial charge in [0.05, 0.1) is 0 Å². The van der Waals surface area contributed by atoms with Crippen molar-refractivity contribution in [2.24, 2.45) is 23.2 Å². The van der Waals surface area contributed by atoms with Gasteiger partial charge in [-0.05, 0) is 23.7 Å². The SMILES string of the molecule is C=CC1CNC(=O)C(C(C)C)C(C)(C)C1. The van der Waals surface area contributed by atoms with Crippen molar-refractivity contribution in [3.63, 3.8) is 0 Å². The van der Waals surface area contributed by atoms with Crippen LogP contribution in [0.2, 0.25) is 0 Å². The summed E-state index contributed by atoms with van der Waals surface area (Å²) in [5.74, 6) is 1.12. The minimum absolute atomic E-state index is 0.0631. The van der Waals surface area contributed by atoms with E-state index < -0.39 is 0 Å². The molecule has 2 atom stereocenters. The molecule has 0 saturated carbocycles. The van der Waals surface area contributed by atoms with Crippen LogP contribution in [0, 0.1) is 23.2 Å². The maximum absolute atomic E-state index is 12.0. The van der Waals surface area contributed by atoms with E-state index in [1.165, 1.54) is 0 Å². The van der Waals surface area contributed by atoms with Crippen LogP contribution in [0.25, 0.3) is 0 Å². The van der Waals surface area contributed by atoms with Crippen LogP contribution in [0.5, 0.6) is 0 Å². The standard InChI is InChI=1S/C13H23NO/c1-6-10-7-13(4,5)11(9(2)3)12(15)14-8-10/h6,9-11H,1,7-8H2,2-5H3,(H,14,15). The van der Waals surface area contributed by atoms with E-state index in [-0.39, 0.29) is 17.2 Å². The Kier molecular flexibility index (Phi) is 3.58. The first-order valence-corrected chi connectivity index (χ1v) is 5.78. The van der Waals surface area contributed by atoms with Gasteiger partial charge in [0.15, 0.2) is 0 Å². The Morgan fingerprint density at radius 3 is 2.60 bits per heavy atom. The molecule has 2 heteroatoms. The lowest BCUT2D eigenvalue weighted by molar-refractivity contribution is -0.129. The number of hydrogen-bond donors (Lipinski definition) is 1. The van der Waals surface area contributed by atoms with Crippen LogP contribution in [0.15, 0.2) is 12.7 Å². The normalized spacial score (nSPS) is 30.9. The Bertz CT molecular complexity index is 255. The molecule has 1 aliphatic rings. The lowest BCUT2D eigenvalue weighted by Crippen LogP contribution is -2.39. The second-order valence-electron chi connectivity index (χ2n) is 5.66. The highest BCUT2D eigenvalue weighted by atomic mass is 16.1. The topological polar surface area (TPSA) is 29.1 Å². The van der Waals surface area contributed by atoms with Gasteiger partial charge in [0, 0.05) is 12.5 Å². The third-order valence-electron chi connectivity index (χ3n) is 3.45. The first kappa shape index (κ1) is 12.3. The Morgan fingerprint density at radius 2 is 2.13 bits per heavy atom. The smallest absolute Gasteiger partial charge is 0.223 e. The van der Waals surface area contributed by atoms with E-state index in [9.17, 15) is 4.79 Å². The Hall–Kier alpha value is -0.790. The second-order valence-corrected chi connectivity index (χ2v) is 5.66. The Morgan fingerprint density at radius 1 is 1.53 bits per heavy atom. The maximum atomic E-state index is 12.0. The second kappa shape index (κ2) is 4.38. The zero-order valence-electron chi connectivity index (χ0n) is 10.3. The first-order valence-electron chi connectivity index (χ1n) is 5.78. The van der Waals surface area contributed by atoms with E-state index in [4.69, 9.17) is 0 Å². The number of carbonyl (C=O) groups is 1. The molecule has 0 aliphatic carbocycles. The van der Waals surface area contributed by atoms with Crippen LogP contribution in [0.1, 0.15) is 34.1 Å². The van der Waals surface area contributed by atoms with Gasteiger partial charge >= 0.3 is 0 Å².